The molecule has 1 saturated heterocycles. The normalized spacial score (nSPS) is 16.0. The lowest BCUT2D eigenvalue weighted by Crippen LogP contribution is -2.48. The maximum atomic E-state index is 10.4. The Labute approximate surface area is 191 Å². The van der Waals surface area contributed by atoms with E-state index in [1.165, 1.54) is 5.56 Å². The van der Waals surface area contributed by atoms with Crippen LogP contribution < -0.4 is 14.2 Å². The molecular formula is C25H36N2O5. The monoisotopic (exact) mass is 444 g/mol. The van der Waals surface area contributed by atoms with Crippen molar-refractivity contribution in [1.82, 2.24) is 9.80 Å². The zero-order valence-electron chi connectivity index (χ0n) is 19.5. The molecule has 1 heterocycles. The minimum absolute atomic E-state index is 0.371. The summed E-state index contributed by atoms with van der Waals surface area (Å²) >= 11 is 0. The van der Waals surface area contributed by atoms with E-state index in [1.54, 1.807) is 21.3 Å². The van der Waals surface area contributed by atoms with Crippen LogP contribution in [0.5, 0.6) is 17.2 Å². The van der Waals surface area contributed by atoms with Crippen molar-refractivity contribution in [1.29, 1.82) is 0 Å². The molecule has 1 fully saturated rings. The molecule has 1 atom stereocenters. The van der Waals surface area contributed by atoms with Gasteiger partial charge in [0, 0.05) is 44.8 Å². The molecule has 0 amide bonds. The summed E-state index contributed by atoms with van der Waals surface area (Å²) in [4.78, 5) is 4.69. The molecule has 1 N–H and O–H groups in total. The number of nitrogens with zero attached hydrogens (tertiary/aromatic N) is 2. The number of aliphatic hydroxyl groups excluding tert-OH is 1. The van der Waals surface area contributed by atoms with E-state index in [9.17, 15) is 5.11 Å². The highest BCUT2D eigenvalue weighted by Gasteiger charge is 2.22. The number of hydrogen-bond donors (Lipinski definition) is 1. The van der Waals surface area contributed by atoms with E-state index in [2.05, 4.69) is 21.9 Å². The van der Waals surface area contributed by atoms with Crippen molar-refractivity contribution in [3.05, 3.63) is 53.6 Å². The number of β-amino-alcohol motifs (C(OH)–C–C–N with tert-alkyl or cyclic N) is 1. The molecule has 2 aromatic carbocycles. The summed E-state index contributed by atoms with van der Waals surface area (Å²) < 4.78 is 22.2. The van der Waals surface area contributed by atoms with E-state index >= 15 is 0 Å². The first-order valence-corrected chi connectivity index (χ1v) is 11.2. The van der Waals surface area contributed by atoms with E-state index in [-0.39, 0.29) is 0 Å². The van der Waals surface area contributed by atoms with Crippen LogP contribution in [0.4, 0.5) is 0 Å². The third-order valence-corrected chi connectivity index (χ3v) is 5.80. The Morgan fingerprint density at radius 3 is 2.19 bits per heavy atom. The van der Waals surface area contributed by atoms with Gasteiger partial charge in [0.05, 0.1) is 40.6 Å². The number of aliphatic hydroxyl groups is 1. The first kappa shape index (κ1) is 24.3. The van der Waals surface area contributed by atoms with Gasteiger partial charge in [0.15, 0.2) is 11.5 Å². The number of ether oxygens (including phenoxy) is 4. The quantitative estimate of drug-likeness (QED) is 0.505. The van der Waals surface area contributed by atoms with Crippen LogP contribution in [0.1, 0.15) is 11.1 Å². The van der Waals surface area contributed by atoms with Crippen LogP contribution >= 0.6 is 0 Å². The van der Waals surface area contributed by atoms with E-state index in [1.807, 2.05) is 30.3 Å². The van der Waals surface area contributed by atoms with Gasteiger partial charge in [-0.05, 0) is 18.1 Å². The molecule has 2 aromatic rings. The summed E-state index contributed by atoms with van der Waals surface area (Å²) in [7, 11) is 4.90. The van der Waals surface area contributed by atoms with Gasteiger partial charge >= 0.3 is 0 Å². The maximum absolute atomic E-state index is 10.4. The van der Waals surface area contributed by atoms with Gasteiger partial charge in [-0.2, -0.15) is 0 Å². The second kappa shape index (κ2) is 12.6. The average molecular weight is 445 g/mol. The Hall–Kier alpha value is -2.32. The second-order valence-corrected chi connectivity index (χ2v) is 8.03. The van der Waals surface area contributed by atoms with Crippen LogP contribution in [0, 0.1) is 0 Å². The first-order chi connectivity index (χ1) is 15.6. The smallest absolute Gasteiger partial charge is 0.203 e. The molecule has 7 nitrogen and oxygen atoms in total. The largest absolute Gasteiger partial charge is 0.493 e. The van der Waals surface area contributed by atoms with Crippen molar-refractivity contribution in [3.8, 4) is 17.2 Å². The third kappa shape index (κ3) is 6.84. The molecule has 0 saturated carbocycles. The van der Waals surface area contributed by atoms with Crippen molar-refractivity contribution in [2.24, 2.45) is 0 Å². The third-order valence-electron chi connectivity index (χ3n) is 5.80. The van der Waals surface area contributed by atoms with E-state index < -0.39 is 6.10 Å². The highest BCUT2D eigenvalue weighted by atomic mass is 16.5. The van der Waals surface area contributed by atoms with E-state index in [4.69, 9.17) is 18.9 Å². The molecule has 1 aliphatic heterocycles. The highest BCUT2D eigenvalue weighted by Crippen LogP contribution is 2.40. The second-order valence-electron chi connectivity index (χ2n) is 8.03. The van der Waals surface area contributed by atoms with Crippen molar-refractivity contribution < 1.29 is 24.1 Å². The lowest BCUT2D eigenvalue weighted by atomic mass is 10.1. The fourth-order valence-corrected chi connectivity index (χ4v) is 4.06. The highest BCUT2D eigenvalue weighted by molar-refractivity contribution is 5.55. The molecular weight excluding hydrogens is 408 g/mol. The molecule has 176 valence electrons. The summed E-state index contributed by atoms with van der Waals surface area (Å²) in [6.07, 6.45) is 0.398. The van der Waals surface area contributed by atoms with Crippen LogP contribution in [0.2, 0.25) is 0 Å². The van der Waals surface area contributed by atoms with Gasteiger partial charge < -0.3 is 24.1 Å². The molecule has 1 unspecified atom stereocenters. The minimum Gasteiger partial charge on any atom is -0.493 e. The predicted octanol–water partition coefficient (Wildman–Crippen LogP) is 2.45. The summed E-state index contributed by atoms with van der Waals surface area (Å²) in [6, 6.07) is 14.2. The van der Waals surface area contributed by atoms with Crippen molar-refractivity contribution in [3.63, 3.8) is 0 Å². The molecule has 7 heteroatoms. The van der Waals surface area contributed by atoms with Gasteiger partial charge in [-0.25, -0.2) is 0 Å². The summed E-state index contributed by atoms with van der Waals surface area (Å²) in [5, 5.41) is 10.4. The van der Waals surface area contributed by atoms with Crippen LogP contribution in [0.3, 0.4) is 0 Å². The Balaban J connectivity index is 1.39. The molecule has 0 spiro atoms. The van der Waals surface area contributed by atoms with Crippen LogP contribution in [0.15, 0.2) is 42.5 Å². The van der Waals surface area contributed by atoms with Crippen LogP contribution in [-0.4, -0.2) is 88.3 Å². The Kier molecular flexibility index (Phi) is 9.62. The number of hydrogen-bond acceptors (Lipinski definition) is 7. The zero-order chi connectivity index (χ0) is 22.8. The van der Waals surface area contributed by atoms with Crippen molar-refractivity contribution in [2.45, 2.75) is 19.1 Å². The number of piperazine rings is 1. The van der Waals surface area contributed by atoms with E-state index in [0.29, 0.717) is 31.3 Å². The summed E-state index contributed by atoms with van der Waals surface area (Å²) in [5.74, 6) is 2.01. The fourth-order valence-electron chi connectivity index (χ4n) is 4.06. The molecule has 0 radical (unpaired) electrons. The maximum Gasteiger partial charge on any atom is 0.203 e. The minimum atomic E-state index is -0.469. The van der Waals surface area contributed by atoms with Crippen molar-refractivity contribution >= 4 is 0 Å². The van der Waals surface area contributed by atoms with Crippen LogP contribution in [0.25, 0.3) is 0 Å². The lowest BCUT2D eigenvalue weighted by molar-refractivity contribution is 0.00730. The zero-order valence-corrected chi connectivity index (χ0v) is 19.5. The van der Waals surface area contributed by atoms with Gasteiger partial charge in [-0.15, -0.1) is 0 Å². The standard InChI is InChI=1S/C25H36N2O5/c1-29-23-10-9-21(24(30-2)25(23)31-3)17-26-12-14-27(15-13-26)18-22(28)19-32-16-11-20-7-5-4-6-8-20/h4-10,22,28H,11-19H2,1-3H3. The number of benzene rings is 2. The lowest BCUT2D eigenvalue weighted by Gasteiger charge is -2.35. The van der Waals surface area contributed by atoms with E-state index in [0.717, 1.165) is 50.5 Å². The number of rotatable bonds is 12. The Morgan fingerprint density at radius 2 is 1.53 bits per heavy atom. The first-order valence-electron chi connectivity index (χ1n) is 11.2. The molecule has 32 heavy (non-hydrogen) atoms. The molecule has 1 aliphatic rings. The predicted molar refractivity (Wildman–Crippen MR) is 125 cm³/mol. The average Bonchev–Trinajstić information content (AvgIpc) is 2.83. The molecule has 0 bridgehead atoms. The van der Waals surface area contributed by atoms with Gasteiger partial charge in [0.25, 0.3) is 0 Å². The van der Waals surface area contributed by atoms with Gasteiger partial charge in [-0.1, -0.05) is 36.4 Å². The van der Waals surface area contributed by atoms with Crippen molar-refractivity contribution in [2.75, 3.05) is 67.3 Å². The summed E-state index contributed by atoms with van der Waals surface area (Å²) in [6.45, 7) is 6.10. The van der Waals surface area contributed by atoms with Gasteiger partial charge in [0.1, 0.15) is 0 Å². The summed E-state index contributed by atoms with van der Waals surface area (Å²) in [5.41, 5.74) is 2.33. The molecule has 0 aliphatic carbocycles. The molecule has 3 rings (SSSR count). The fraction of sp³-hybridized carbons (Fsp3) is 0.520. The SMILES string of the molecule is COc1ccc(CN2CCN(CC(O)COCCc3ccccc3)CC2)c(OC)c1OC. The Bertz CT molecular complexity index is 809. The Morgan fingerprint density at radius 1 is 0.844 bits per heavy atom. The molecule has 0 aromatic heterocycles. The number of methoxy groups -OCH3 is 3. The topological polar surface area (TPSA) is 63.6 Å². The van der Waals surface area contributed by atoms with Crippen LogP contribution in [-0.2, 0) is 17.7 Å². The van der Waals surface area contributed by atoms with Gasteiger partial charge in [-0.3, -0.25) is 9.80 Å². The van der Waals surface area contributed by atoms with Gasteiger partial charge in [0.2, 0.25) is 5.75 Å².